The molecule has 0 aliphatic rings. The van der Waals surface area contributed by atoms with Crippen LogP contribution >= 0.6 is 59.3 Å². The van der Waals surface area contributed by atoms with Gasteiger partial charge in [-0.25, -0.2) is 0 Å². The Morgan fingerprint density at radius 2 is 1.29 bits per heavy atom. The fourth-order valence-electron chi connectivity index (χ4n) is 4.11. The first-order valence-electron chi connectivity index (χ1n) is 15.1. The predicted octanol–water partition coefficient (Wildman–Crippen LogP) is 6.37. The standard InChI is InChI=1S/C33H39NO9S5/c1-7-39-30(44)47-32(3,4)28(37)41-17-15-34(16-18-42-29(38)33(5,6)48-31(45)40-8-2)26(35)20-43-21-13-14-25-23(19-21)27(36)22-11-9-10-12-24(22)46-25/h9-14,19H,7-8,15-18,20H2,1-6H3. The SMILES string of the molecule is CCOC(=S)SC(C)(C)C(=O)OCCN(CCOC(=O)C(C)(C)SC(=S)OCC)C(=O)COc1ccc2sc3ccccc3c(=O)c2c1. The van der Waals surface area contributed by atoms with Crippen LogP contribution in [0.4, 0.5) is 0 Å². The summed E-state index contributed by atoms with van der Waals surface area (Å²) in [6.07, 6.45) is 0. The Kier molecular flexibility index (Phi) is 14.9. The van der Waals surface area contributed by atoms with Crippen LogP contribution in [-0.2, 0) is 33.3 Å². The summed E-state index contributed by atoms with van der Waals surface area (Å²) in [5.74, 6) is -1.16. The van der Waals surface area contributed by atoms with Crippen molar-refractivity contribution in [2.24, 2.45) is 0 Å². The molecule has 1 amide bonds. The molecule has 0 unspecified atom stereocenters. The van der Waals surface area contributed by atoms with Crippen molar-refractivity contribution in [1.82, 2.24) is 4.90 Å². The minimum atomic E-state index is -1.02. The molecule has 260 valence electrons. The van der Waals surface area contributed by atoms with Crippen molar-refractivity contribution in [1.29, 1.82) is 0 Å². The number of benzene rings is 2. The molecule has 0 N–H and O–H groups in total. The van der Waals surface area contributed by atoms with Crippen LogP contribution in [0.5, 0.6) is 5.75 Å². The lowest BCUT2D eigenvalue weighted by Gasteiger charge is -2.26. The van der Waals surface area contributed by atoms with E-state index in [0.29, 0.717) is 29.7 Å². The van der Waals surface area contributed by atoms with Crippen LogP contribution in [0.1, 0.15) is 41.5 Å². The van der Waals surface area contributed by atoms with Crippen LogP contribution in [0, 0.1) is 0 Å². The van der Waals surface area contributed by atoms with Crippen LogP contribution in [-0.4, -0.2) is 87.1 Å². The molecule has 0 aliphatic heterocycles. The molecule has 0 spiro atoms. The Labute approximate surface area is 303 Å². The average molecular weight is 754 g/mol. The van der Waals surface area contributed by atoms with Crippen LogP contribution in [0.2, 0.25) is 0 Å². The molecule has 0 fully saturated rings. The van der Waals surface area contributed by atoms with E-state index in [9.17, 15) is 19.2 Å². The summed E-state index contributed by atoms with van der Waals surface area (Å²) in [7, 11) is 0. The van der Waals surface area contributed by atoms with Crippen molar-refractivity contribution in [2.45, 2.75) is 51.0 Å². The number of hydrogen-bond donors (Lipinski definition) is 0. The normalized spacial score (nSPS) is 11.5. The van der Waals surface area contributed by atoms with E-state index in [4.69, 9.17) is 48.1 Å². The number of carbonyl (C=O) groups excluding carboxylic acids is 3. The van der Waals surface area contributed by atoms with E-state index in [1.54, 1.807) is 65.8 Å². The van der Waals surface area contributed by atoms with Crippen LogP contribution in [0.25, 0.3) is 20.2 Å². The highest BCUT2D eigenvalue weighted by Crippen LogP contribution is 2.30. The fraction of sp³-hybridized carbons (Fsp3) is 0.455. The first-order chi connectivity index (χ1) is 22.7. The van der Waals surface area contributed by atoms with Gasteiger partial charge in [-0.1, -0.05) is 35.7 Å². The number of ether oxygens (including phenoxy) is 5. The monoisotopic (exact) mass is 753 g/mol. The summed E-state index contributed by atoms with van der Waals surface area (Å²) in [4.78, 5) is 53.5. The van der Waals surface area contributed by atoms with Gasteiger partial charge >= 0.3 is 11.9 Å². The van der Waals surface area contributed by atoms with Gasteiger partial charge in [0.1, 0.15) is 28.5 Å². The summed E-state index contributed by atoms with van der Waals surface area (Å²) < 4.78 is 27.5. The highest BCUT2D eigenvalue weighted by molar-refractivity contribution is 8.24. The molecular formula is C33H39NO9S5. The number of esters is 2. The van der Waals surface area contributed by atoms with Crippen molar-refractivity contribution < 1.29 is 38.1 Å². The third-order valence-electron chi connectivity index (χ3n) is 6.64. The second kappa shape index (κ2) is 18.1. The molecule has 10 nitrogen and oxygen atoms in total. The van der Waals surface area contributed by atoms with Crippen molar-refractivity contribution in [3.05, 3.63) is 52.7 Å². The zero-order valence-electron chi connectivity index (χ0n) is 27.7. The smallest absolute Gasteiger partial charge is 0.322 e. The molecule has 15 heteroatoms. The molecule has 3 aromatic rings. The van der Waals surface area contributed by atoms with E-state index in [-0.39, 0.29) is 47.1 Å². The number of thioether (sulfide) groups is 2. The second-order valence-corrected chi connectivity index (χ2v) is 16.7. The fourth-order valence-corrected chi connectivity index (χ4v) is 8.12. The van der Waals surface area contributed by atoms with E-state index in [1.807, 2.05) is 18.2 Å². The Morgan fingerprint density at radius 3 is 1.83 bits per heavy atom. The molecule has 1 heterocycles. The van der Waals surface area contributed by atoms with E-state index in [0.717, 1.165) is 32.9 Å². The minimum absolute atomic E-state index is 0.00477. The maximum atomic E-state index is 13.4. The molecule has 0 saturated heterocycles. The van der Waals surface area contributed by atoms with Crippen LogP contribution < -0.4 is 10.2 Å². The maximum Gasteiger partial charge on any atom is 0.322 e. The number of thiocarbonyl (C=S) groups is 2. The van der Waals surface area contributed by atoms with E-state index in [1.165, 1.54) is 16.2 Å². The third-order valence-corrected chi connectivity index (χ3v) is 10.4. The lowest BCUT2D eigenvalue weighted by atomic mass is 10.2. The summed E-state index contributed by atoms with van der Waals surface area (Å²) in [5.41, 5.74) is -0.118. The molecule has 0 radical (unpaired) electrons. The summed E-state index contributed by atoms with van der Waals surface area (Å²) >= 11 is 13.9. The second-order valence-electron chi connectivity index (χ2n) is 11.1. The van der Waals surface area contributed by atoms with Gasteiger partial charge in [-0.05, 0) is 96.3 Å². The number of carbonyl (C=O) groups is 3. The lowest BCUT2D eigenvalue weighted by Crippen LogP contribution is -2.42. The molecule has 0 aliphatic carbocycles. The van der Waals surface area contributed by atoms with Crippen LogP contribution in [0.15, 0.2) is 47.3 Å². The number of rotatable bonds is 15. The molecule has 2 aromatic carbocycles. The first-order valence-corrected chi connectivity index (χ1v) is 18.4. The molecule has 0 bridgehead atoms. The van der Waals surface area contributed by atoms with Crippen molar-refractivity contribution in [3.63, 3.8) is 0 Å². The summed E-state index contributed by atoms with van der Waals surface area (Å²) in [6, 6.07) is 12.5. The Balaban J connectivity index is 1.68. The maximum absolute atomic E-state index is 13.4. The van der Waals surface area contributed by atoms with Crippen molar-refractivity contribution >= 4 is 106 Å². The molecule has 0 atom stereocenters. The topological polar surface area (TPSA) is 118 Å². The summed E-state index contributed by atoms with van der Waals surface area (Å²) in [6.45, 7) is 10.4. The van der Waals surface area contributed by atoms with Crippen molar-refractivity contribution in [2.75, 3.05) is 46.1 Å². The highest BCUT2D eigenvalue weighted by atomic mass is 32.2. The van der Waals surface area contributed by atoms with Gasteiger partial charge in [0.15, 0.2) is 12.0 Å². The van der Waals surface area contributed by atoms with Gasteiger partial charge in [-0.2, -0.15) is 0 Å². The zero-order chi connectivity index (χ0) is 35.5. The largest absolute Gasteiger partial charge is 0.484 e. The lowest BCUT2D eigenvalue weighted by molar-refractivity contribution is -0.149. The van der Waals surface area contributed by atoms with E-state index in [2.05, 4.69) is 0 Å². The quantitative estimate of drug-likeness (QED) is 0.0973. The zero-order valence-corrected chi connectivity index (χ0v) is 31.7. The van der Waals surface area contributed by atoms with E-state index >= 15 is 0 Å². The molecule has 0 saturated carbocycles. The van der Waals surface area contributed by atoms with Gasteiger partial charge in [0, 0.05) is 20.2 Å². The number of fused-ring (bicyclic) bond motifs is 2. The Morgan fingerprint density at radius 1 is 0.771 bits per heavy atom. The van der Waals surface area contributed by atoms with Gasteiger partial charge in [-0.3, -0.25) is 19.2 Å². The van der Waals surface area contributed by atoms with Gasteiger partial charge in [0.2, 0.25) is 8.77 Å². The average Bonchev–Trinajstić information content (AvgIpc) is 3.02. The Bertz CT molecular complexity index is 1660. The first kappa shape index (κ1) is 39.5. The highest BCUT2D eigenvalue weighted by Gasteiger charge is 2.34. The molecule has 1 aromatic heterocycles. The van der Waals surface area contributed by atoms with Gasteiger partial charge in [-0.15, -0.1) is 11.3 Å². The van der Waals surface area contributed by atoms with Crippen LogP contribution in [0.3, 0.4) is 0 Å². The Hall–Kier alpha value is -2.98. The number of amides is 1. The van der Waals surface area contributed by atoms with Gasteiger partial charge < -0.3 is 28.6 Å². The summed E-state index contributed by atoms with van der Waals surface area (Å²) in [5, 5.41) is 1.11. The van der Waals surface area contributed by atoms with Gasteiger partial charge in [0.25, 0.3) is 5.91 Å². The van der Waals surface area contributed by atoms with Crippen molar-refractivity contribution in [3.8, 4) is 5.75 Å². The minimum Gasteiger partial charge on any atom is -0.484 e. The molecule has 48 heavy (non-hydrogen) atoms. The third kappa shape index (κ3) is 11.3. The number of hydrogen-bond acceptors (Lipinski definition) is 14. The predicted molar refractivity (Wildman–Crippen MR) is 201 cm³/mol. The van der Waals surface area contributed by atoms with E-state index < -0.39 is 27.3 Å². The molecular weight excluding hydrogens is 715 g/mol. The van der Waals surface area contributed by atoms with Gasteiger partial charge in [0.05, 0.1) is 26.3 Å². The number of nitrogens with zero attached hydrogens (tertiary/aromatic N) is 1. The molecule has 3 rings (SSSR count).